The number of hydrogen-bond donors (Lipinski definition) is 2. The normalized spacial score (nSPS) is 13.2. The Morgan fingerprint density at radius 3 is 2.65 bits per heavy atom. The maximum absolute atomic E-state index is 13.2. The highest BCUT2D eigenvalue weighted by Gasteiger charge is 2.29. The molecule has 13 nitrogen and oxygen atoms in total. The molecule has 40 heavy (non-hydrogen) atoms. The molecule has 2 N–H and O–H groups in total. The van der Waals surface area contributed by atoms with E-state index in [9.17, 15) is 13.2 Å². The maximum atomic E-state index is 13.2. The summed E-state index contributed by atoms with van der Waals surface area (Å²) >= 11 is 0. The van der Waals surface area contributed by atoms with E-state index in [1.54, 1.807) is 62.1 Å². The first-order valence-corrected chi connectivity index (χ1v) is 13.9. The summed E-state index contributed by atoms with van der Waals surface area (Å²) in [6.45, 7) is 6.48. The molecule has 0 atom stereocenters. The van der Waals surface area contributed by atoms with Crippen LogP contribution in [0.25, 0.3) is 11.0 Å². The maximum Gasteiger partial charge on any atom is 0.407 e. The fourth-order valence-electron chi connectivity index (χ4n) is 4.14. The molecule has 0 radical (unpaired) electrons. The number of sulfonamides is 1. The van der Waals surface area contributed by atoms with E-state index in [1.807, 2.05) is 0 Å². The second-order valence-electron chi connectivity index (χ2n) is 9.95. The largest absolute Gasteiger partial charge is 0.495 e. The summed E-state index contributed by atoms with van der Waals surface area (Å²) in [6, 6.07) is 7.95. The van der Waals surface area contributed by atoms with Crippen molar-refractivity contribution in [3.8, 4) is 17.2 Å². The molecule has 1 aliphatic rings. The van der Waals surface area contributed by atoms with Crippen molar-refractivity contribution in [3.05, 3.63) is 53.9 Å². The molecule has 0 fully saturated rings. The van der Waals surface area contributed by atoms with E-state index in [-0.39, 0.29) is 36.2 Å². The zero-order chi connectivity index (χ0) is 28.5. The molecule has 1 aliphatic heterocycles. The van der Waals surface area contributed by atoms with Crippen LogP contribution in [0.3, 0.4) is 0 Å². The lowest BCUT2D eigenvalue weighted by molar-refractivity contribution is 0.0523. The van der Waals surface area contributed by atoms with Gasteiger partial charge in [-0.1, -0.05) is 17.3 Å². The number of ether oxygens (including phenoxy) is 4. The topological polar surface area (TPSA) is 156 Å². The van der Waals surface area contributed by atoms with Crippen LogP contribution in [0.15, 0.2) is 52.1 Å². The number of fused-ring (bicyclic) bond motifs is 3. The van der Waals surface area contributed by atoms with Crippen LogP contribution < -0.4 is 24.2 Å². The second kappa shape index (κ2) is 10.6. The van der Waals surface area contributed by atoms with E-state index >= 15 is 0 Å². The molecule has 212 valence electrons. The Hall–Kier alpha value is -4.46. The minimum atomic E-state index is -4.07. The Morgan fingerprint density at radius 2 is 1.90 bits per heavy atom. The molecule has 0 saturated carbocycles. The lowest BCUT2D eigenvalue weighted by Gasteiger charge is -2.22. The van der Waals surface area contributed by atoms with E-state index in [2.05, 4.69) is 20.3 Å². The summed E-state index contributed by atoms with van der Waals surface area (Å²) in [4.78, 5) is 11.9. The summed E-state index contributed by atoms with van der Waals surface area (Å²) < 4.78 is 58.3. The number of rotatable bonds is 8. The third-order valence-corrected chi connectivity index (χ3v) is 7.15. The van der Waals surface area contributed by atoms with Crippen LogP contribution in [-0.2, 0) is 27.8 Å². The Balaban J connectivity index is 1.40. The highest BCUT2D eigenvalue weighted by atomic mass is 32.2. The van der Waals surface area contributed by atoms with Crippen LogP contribution in [-0.4, -0.2) is 55.4 Å². The second-order valence-corrected chi connectivity index (χ2v) is 11.6. The fraction of sp³-hybridized carbons (Fsp3) is 0.346. The SMILES string of the molecule is COc1ccccc1S(=O)(=O)Nc1noc2cc(Cn3cc(CNC(=O)OC(C)(C)C)cn3)c3c(c12)OCCO3. The summed E-state index contributed by atoms with van der Waals surface area (Å²) in [5.74, 6) is 0.899. The van der Waals surface area contributed by atoms with Gasteiger partial charge < -0.3 is 28.8 Å². The molecular formula is C26H29N5O8S. The molecular weight excluding hydrogens is 542 g/mol. The van der Waals surface area contributed by atoms with Gasteiger partial charge in [0.1, 0.15) is 34.8 Å². The summed E-state index contributed by atoms with van der Waals surface area (Å²) in [7, 11) is -2.68. The van der Waals surface area contributed by atoms with Gasteiger partial charge in [0, 0.05) is 23.9 Å². The molecule has 3 heterocycles. The van der Waals surface area contributed by atoms with Gasteiger partial charge in [-0.05, 0) is 39.0 Å². The highest BCUT2D eigenvalue weighted by molar-refractivity contribution is 7.92. The molecule has 4 aromatic rings. The Kier molecular flexibility index (Phi) is 7.19. The third kappa shape index (κ3) is 5.76. The summed E-state index contributed by atoms with van der Waals surface area (Å²) in [6.07, 6.45) is 2.90. The number of hydrogen-bond acceptors (Lipinski definition) is 10. The van der Waals surface area contributed by atoms with Gasteiger partial charge in [0.25, 0.3) is 10.0 Å². The summed E-state index contributed by atoms with van der Waals surface area (Å²) in [5, 5.41) is 11.4. The molecule has 1 amide bonds. The first-order valence-electron chi connectivity index (χ1n) is 12.4. The molecule has 2 aromatic heterocycles. The van der Waals surface area contributed by atoms with E-state index in [0.717, 1.165) is 5.56 Å². The number of nitrogens with zero attached hydrogens (tertiary/aromatic N) is 3. The van der Waals surface area contributed by atoms with Crippen LogP contribution in [0.2, 0.25) is 0 Å². The minimum absolute atomic E-state index is 0.0381. The summed E-state index contributed by atoms with van der Waals surface area (Å²) in [5.41, 5.74) is 1.16. The number of amides is 1. The number of aromatic nitrogens is 3. The lowest BCUT2D eigenvalue weighted by Crippen LogP contribution is -2.32. The molecule has 0 saturated heterocycles. The quantitative estimate of drug-likeness (QED) is 0.320. The molecule has 14 heteroatoms. The van der Waals surface area contributed by atoms with Crippen molar-refractivity contribution in [2.24, 2.45) is 0 Å². The molecule has 0 unspecified atom stereocenters. The van der Waals surface area contributed by atoms with Crippen molar-refractivity contribution in [1.82, 2.24) is 20.3 Å². The van der Waals surface area contributed by atoms with Gasteiger partial charge in [-0.2, -0.15) is 5.10 Å². The van der Waals surface area contributed by atoms with Gasteiger partial charge in [-0.15, -0.1) is 0 Å². The lowest BCUT2D eigenvalue weighted by atomic mass is 10.1. The van der Waals surface area contributed by atoms with Crippen molar-refractivity contribution in [1.29, 1.82) is 0 Å². The zero-order valence-electron chi connectivity index (χ0n) is 22.4. The van der Waals surface area contributed by atoms with E-state index in [4.69, 9.17) is 23.5 Å². The van der Waals surface area contributed by atoms with Crippen molar-refractivity contribution < 1.29 is 36.7 Å². The predicted molar refractivity (Wildman–Crippen MR) is 143 cm³/mol. The Bertz CT molecular complexity index is 1660. The van der Waals surface area contributed by atoms with Crippen LogP contribution in [0, 0.1) is 0 Å². The molecule has 0 spiro atoms. The average Bonchev–Trinajstić information content (AvgIpc) is 3.53. The number of anilines is 1. The average molecular weight is 572 g/mol. The van der Waals surface area contributed by atoms with Gasteiger partial charge in [0.2, 0.25) is 0 Å². The number of carbonyl (C=O) groups is 1. The Labute approximate surface area is 230 Å². The smallest absolute Gasteiger partial charge is 0.407 e. The number of methoxy groups -OCH3 is 1. The van der Waals surface area contributed by atoms with Crippen LogP contribution in [0.1, 0.15) is 31.9 Å². The number of alkyl carbamates (subject to hydrolysis) is 1. The first-order chi connectivity index (χ1) is 19.0. The van der Waals surface area contributed by atoms with Gasteiger partial charge in [-0.3, -0.25) is 9.40 Å². The highest BCUT2D eigenvalue weighted by Crippen LogP contribution is 2.45. The van der Waals surface area contributed by atoms with Crippen LogP contribution in [0.5, 0.6) is 17.2 Å². The molecule has 0 aliphatic carbocycles. The van der Waals surface area contributed by atoms with E-state index in [1.165, 1.54) is 13.2 Å². The van der Waals surface area contributed by atoms with E-state index < -0.39 is 21.7 Å². The van der Waals surface area contributed by atoms with E-state index in [0.29, 0.717) is 34.6 Å². The van der Waals surface area contributed by atoms with Crippen molar-refractivity contribution in [3.63, 3.8) is 0 Å². The van der Waals surface area contributed by atoms with Gasteiger partial charge in [-0.25, -0.2) is 13.2 Å². The number of carbonyl (C=O) groups excluding carboxylic acids is 1. The van der Waals surface area contributed by atoms with Gasteiger partial charge in [0.15, 0.2) is 22.9 Å². The standard InChI is InChI=1S/C26H29N5O8S/c1-26(2,3)38-25(32)27-12-16-13-28-31(14-16)15-17-11-19-21(23-22(17)36-9-10-37-23)24(29-39-19)30-40(33,34)20-8-6-5-7-18(20)35-4/h5-8,11,13-14H,9-10,12,15H2,1-4H3,(H,27,32)(H,29,30). The minimum Gasteiger partial charge on any atom is -0.495 e. The van der Waals surface area contributed by atoms with Crippen LogP contribution in [0.4, 0.5) is 10.6 Å². The van der Waals surface area contributed by atoms with Gasteiger partial charge in [0.05, 0.1) is 19.9 Å². The van der Waals surface area contributed by atoms with Crippen molar-refractivity contribution >= 4 is 32.9 Å². The fourth-order valence-corrected chi connectivity index (χ4v) is 5.32. The monoisotopic (exact) mass is 571 g/mol. The zero-order valence-corrected chi connectivity index (χ0v) is 23.2. The molecule has 5 rings (SSSR count). The third-order valence-electron chi connectivity index (χ3n) is 5.77. The number of benzene rings is 2. The number of nitrogens with one attached hydrogen (secondary N) is 2. The molecule has 2 aromatic carbocycles. The molecule has 0 bridgehead atoms. The van der Waals surface area contributed by atoms with Crippen molar-refractivity contribution in [2.75, 3.05) is 25.0 Å². The Morgan fingerprint density at radius 1 is 1.15 bits per heavy atom. The van der Waals surface area contributed by atoms with Crippen LogP contribution >= 0.6 is 0 Å². The predicted octanol–water partition coefficient (Wildman–Crippen LogP) is 3.68. The van der Waals surface area contributed by atoms with Gasteiger partial charge >= 0.3 is 6.09 Å². The first kappa shape index (κ1) is 27.1. The van der Waals surface area contributed by atoms with Crippen molar-refractivity contribution in [2.45, 2.75) is 44.4 Å². The number of para-hydroxylation sites is 1.